The summed E-state index contributed by atoms with van der Waals surface area (Å²) >= 11 is 0. The molecule has 0 spiro atoms. The Hall–Kier alpha value is -1.57. The first-order valence-corrected chi connectivity index (χ1v) is 4.61. The standard InChI is InChI=1S/C12H12FN/c1-10-5-6-14(8-10)9-11-3-2-4-12(13)7-11/h2-8H,9H2,1H3. The molecule has 0 aliphatic carbocycles. The molecule has 0 saturated carbocycles. The Kier molecular flexibility index (Phi) is 2.35. The zero-order valence-electron chi connectivity index (χ0n) is 8.07. The molecule has 14 heavy (non-hydrogen) atoms. The van der Waals surface area contributed by atoms with Gasteiger partial charge in [-0.2, -0.15) is 0 Å². The molecule has 0 aliphatic heterocycles. The van der Waals surface area contributed by atoms with E-state index in [2.05, 4.69) is 0 Å². The molecular formula is C12H12FN. The van der Waals surface area contributed by atoms with Crippen molar-refractivity contribution in [3.63, 3.8) is 0 Å². The minimum Gasteiger partial charge on any atom is -0.350 e. The maximum absolute atomic E-state index is 12.9. The van der Waals surface area contributed by atoms with E-state index >= 15 is 0 Å². The average molecular weight is 189 g/mol. The highest BCUT2D eigenvalue weighted by molar-refractivity contribution is 5.18. The van der Waals surface area contributed by atoms with Gasteiger partial charge in [-0.1, -0.05) is 12.1 Å². The molecule has 1 aromatic carbocycles. The lowest BCUT2D eigenvalue weighted by Gasteiger charge is -2.02. The predicted octanol–water partition coefficient (Wildman–Crippen LogP) is 2.98. The Bertz CT molecular complexity index is 431. The summed E-state index contributed by atoms with van der Waals surface area (Å²) in [5.41, 5.74) is 2.21. The number of aryl methyl sites for hydroxylation is 1. The van der Waals surface area contributed by atoms with Gasteiger partial charge in [-0.25, -0.2) is 4.39 Å². The van der Waals surface area contributed by atoms with Gasteiger partial charge >= 0.3 is 0 Å². The Labute approximate surface area is 82.8 Å². The summed E-state index contributed by atoms with van der Waals surface area (Å²) in [7, 11) is 0. The van der Waals surface area contributed by atoms with Crippen LogP contribution in [-0.2, 0) is 6.54 Å². The Balaban J connectivity index is 2.18. The van der Waals surface area contributed by atoms with Crippen LogP contribution in [-0.4, -0.2) is 4.57 Å². The maximum Gasteiger partial charge on any atom is 0.123 e. The smallest absolute Gasteiger partial charge is 0.123 e. The first-order chi connectivity index (χ1) is 6.74. The van der Waals surface area contributed by atoms with Gasteiger partial charge in [-0.05, 0) is 36.2 Å². The van der Waals surface area contributed by atoms with Crippen LogP contribution < -0.4 is 0 Å². The molecule has 0 atom stereocenters. The number of halogens is 1. The fraction of sp³-hybridized carbons (Fsp3) is 0.167. The SMILES string of the molecule is Cc1ccn(Cc2cccc(F)c2)c1. The highest BCUT2D eigenvalue weighted by Gasteiger charge is 1.96. The Morgan fingerprint density at radius 1 is 1.29 bits per heavy atom. The van der Waals surface area contributed by atoms with Gasteiger partial charge in [-0.3, -0.25) is 0 Å². The van der Waals surface area contributed by atoms with Crippen molar-refractivity contribution in [2.75, 3.05) is 0 Å². The minimum atomic E-state index is -0.175. The van der Waals surface area contributed by atoms with Crippen molar-refractivity contribution in [1.82, 2.24) is 4.57 Å². The van der Waals surface area contributed by atoms with Gasteiger partial charge < -0.3 is 4.57 Å². The van der Waals surface area contributed by atoms with Crippen LogP contribution in [0.15, 0.2) is 42.7 Å². The third-order valence-electron chi connectivity index (χ3n) is 2.15. The summed E-state index contributed by atoms with van der Waals surface area (Å²) in [6, 6.07) is 8.73. The van der Waals surface area contributed by atoms with Gasteiger partial charge in [0.15, 0.2) is 0 Å². The fourth-order valence-electron chi connectivity index (χ4n) is 1.51. The van der Waals surface area contributed by atoms with E-state index in [1.807, 2.05) is 36.0 Å². The molecule has 0 N–H and O–H groups in total. The van der Waals surface area contributed by atoms with E-state index in [0.717, 1.165) is 12.1 Å². The third kappa shape index (κ3) is 2.02. The zero-order chi connectivity index (χ0) is 9.97. The summed E-state index contributed by atoms with van der Waals surface area (Å²) in [5.74, 6) is -0.175. The lowest BCUT2D eigenvalue weighted by molar-refractivity contribution is 0.623. The maximum atomic E-state index is 12.9. The molecule has 0 bridgehead atoms. The molecule has 1 heterocycles. The molecule has 0 aliphatic rings. The number of aromatic nitrogens is 1. The zero-order valence-corrected chi connectivity index (χ0v) is 8.07. The second-order valence-electron chi connectivity index (χ2n) is 3.49. The monoisotopic (exact) mass is 189 g/mol. The van der Waals surface area contributed by atoms with E-state index in [4.69, 9.17) is 0 Å². The molecule has 0 radical (unpaired) electrons. The molecule has 1 nitrogen and oxygen atoms in total. The van der Waals surface area contributed by atoms with Gasteiger partial charge in [-0.15, -0.1) is 0 Å². The first kappa shape index (κ1) is 9.00. The molecular weight excluding hydrogens is 177 g/mol. The number of rotatable bonds is 2. The van der Waals surface area contributed by atoms with Crippen LogP contribution in [0.1, 0.15) is 11.1 Å². The predicted molar refractivity (Wildman–Crippen MR) is 54.7 cm³/mol. The van der Waals surface area contributed by atoms with Crippen LogP contribution >= 0.6 is 0 Å². The summed E-state index contributed by atoms with van der Waals surface area (Å²) in [6.07, 6.45) is 4.05. The largest absolute Gasteiger partial charge is 0.350 e. The van der Waals surface area contributed by atoms with E-state index < -0.39 is 0 Å². The van der Waals surface area contributed by atoms with E-state index in [9.17, 15) is 4.39 Å². The minimum absolute atomic E-state index is 0.175. The molecule has 2 aromatic rings. The molecule has 0 fully saturated rings. The molecule has 72 valence electrons. The van der Waals surface area contributed by atoms with Crippen LogP contribution in [0.4, 0.5) is 4.39 Å². The summed E-state index contributed by atoms with van der Waals surface area (Å²) in [5, 5.41) is 0. The van der Waals surface area contributed by atoms with Gasteiger partial charge in [0.05, 0.1) is 0 Å². The number of hydrogen-bond acceptors (Lipinski definition) is 0. The van der Waals surface area contributed by atoms with Crippen molar-refractivity contribution in [3.8, 4) is 0 Å². The second-order valence-corrected chi connectivity index (χ2v) is 3.49. The average Bonchev–Trinajstić information content (AvgIpc) is 2.51. The lowest BCUT2D eigenvalue weighted by atomic mass is 10.2. The Morgan fingerprint density at radius 2 is 2.14 bits per heavy atom. The third-order valence-corrected chi connectivity index (χ3v) is 2.15. The summed E-state index contributed by atoms with van der Waals surface area (Å²) in [4.78, 5) is 0. The van der Waals surface area contributed by atoms with Gasteiger partial charge in [0.1, 0.15) is 5.82 Å². The molecule has 2 rings (SSSR count). The lowest BCUT2D eigenvalue weighted by Crippen LogP contribution is -1.96. The summed E-state index contributed by atoms with van der Waals surface area (Å²) in [6.45, 7) is 2.77. The van der Waals surface area contributed by atoms with Crippen LogP contribution in [0, 0.1) is 12.7 Å². The molecule has 0 unspecified atom stereocenters. The van der Waals surface area contributed by atoms with E-state index in [1.54, 1.807) is 12.1 Å². The number of hydrogen-bond donors (Lipinski definition) is 0. The highest BCUT2D eigenvalue weighted by Crippen LogP contribution is 2.07. The summed E-state index contributed by atoms with van der Waals surface area (Å²) < 4.78 is 14.9. The van der Waals surface area contributed by atoms with Crippen molar-refractivity contribution in [1.29, 1.82) is 0 Å². The second kappa shape index (κ2) is 3.66. The van der Waals surface area contributed by atoms with E-state index in [1.165, 1.54) is 11.6 Å². The Morgan fingerprint density at radius 3 is 2.79 bits per heavy atom. The van der Waals surface area contributed by atoms with Crippen molar-refractivity contribution in [2.24, 2.45) is 0 Å². The van der Waals surface area contributed by atoms with Crippen LogP contribution in [0.3, 0.4) is 0 Å². The molecule has 0 saturated heterocycles. The first-order valence-electron chi connectivity index (χ1n) is 4.61. The normalized spacial score (nSPS) is 10.4. The van der Waals surface area contributed by atoms with Crippen LogP contribution in [0.25, 0.3) is 0 Å². The topological polar surface area (TPSA) is 4.93 Å². The highest BCUT2D eigenvalue weighted by atomic mass is 19.1. The number of nitrogens with zero attached hydrogens (tertiary/aromatic N) is 1. The van der Waals surface area contributed by atoms with Crippen molar-refractivity contribution >= 4 is 0 Å². The van der Waals surface area contributed by atoms with Crippen LogP contribution in [0.2, 0.25) is 0 Å². The van der Waals surface area contributed by atoms with Crippen LogP contribution in [0.5, 0.6) is 0 Å². The molecule has 2 heteroatoms. The molecule has 1 aromatic heterocycles. The van der Waals surface area contributed by atoms with Crippen molar-refractivity contribution in [3.05, 3.63) is 59.7 Å². The van der Waals surface area contributed by atoms with Crippen molar-refractivity contribution in [2.45, 2.75) is 13.5 Å². The number of benzene rings is 1. The van der Waals surface area contributed by atoms with E-state index in [0.29, 0.717) is 0 Å². The van der Waals surface area contributed by atoms with Gasteiger partial charge in [0.2, 0.25) is 0 Å². The fourth-order valence-corrected chi connectivity index (χ4v) is 1.51. The van der Waals surface area contributed by atoms with E-state index in [-0.39, 0.29) is 5.82 Å². The molecule has 0 amide bonds. The van der Waals surface area contributed by atoms with Gasteiger partial charge in [0.25, 0.3) is 0 Å². The quantitative estimate of drug-likeness (QED) is 0.684. The van der Waals surface area contributed by atoms with Crippen molar-refractivity contribution < 1.29 is 4.39 Å². The van der Waals surface area contributed by atoms with Gasteiger partial charge in [0, 0.05) is 18.9 Å².